The Balaban J connectivity index is 1.75. The van der Waals surface area contributed by atoms with Gasteiger partial charge in [0, 0.05) is 36.1 Å². The van der Waals surface area contributed by atoms with Gasteiger partial charge in [-0.15, -0.1) is 11.3 Å². The number of carbonyl (C=O) groups is 1. The maximum Gasteiger partial charge on any atom is 0.228 e. The van der Waals surface area contributed by atoms with Gasteiger partial charge in [-0.05, 0) is 38.2 Å². The van der Waals surface area contributed by atoms with Crippen LogP contribution in [-0.2, 0) is 11.2 Å². The van der Waals surface area contributed by atoms with Crippen LogP contribution < -0.4 is 10.6 Å². The molecule has 1 fully saturated rings. The fraction of sp³-hybridized carbons (Fsp3) is 0.333. The van der Waals surface area contributed by atoms with E-state index in [0.717, 1.165) is 57.0 Å². The van der Waals surface area contributed by atoms with Crippen molar-refractivity contribution in [2.45, 2.75) is 33.1 Å². The van der Waals surface area contributed by atoms with Crippen LogP contribution in [0.2, 0.25) is 0 Å². The molecular formula is C21H21N5OS. The molecule has 1 saturated carbocycles. The molecule has 0 unspecified atom stereocenters. The Morgan fingerprint density at radius 3 is 2.75 bits per heavy atom. The standard InChI is InChI=1S/C21H21N5OS/c1-4-19-25-12(2)17(28-19)8-7-14-10-24-20(22-3)16-11-23-18(9-15(14)16)26-21(27)13-5-6-13/h9-11,13H,4-6H2,1-3H3,(H,22,24)(H,23,26,27). The molecule has 1 aliphatic carbocycles. The average molecular weight is 392 g/mol. The summed E-state index contributed by atoms with van der Waals surface area (Å²) in [5.41, 5.74) is 1.75. The normalized spacial score (nSPS) is 13.1. The maximum absolute atomic E-state index is 12.1. The predicted molar refractivity (Wildman–Crippen MR) is 113 cm³/mol. The summed E-state index contributed by atoms with van der Waals surface area (Å²) in [6, 6.07) is 1.87. The lowest BCUT2D eigenvalue weighted by Gasteiger charge is -2.09. The van der Waals surface area contributed by atoms with E-state index in [2.05, 4.69) is 44.4 Å². The van der Waals surface area contributed by atoms with Gasteiger partial charge in [-0.1, -0.05) is 12.8 Å². The Morgan fingerprint density at radius 2 is 2.07 bits per heavy atom. The first-order valence-corrected chi connectivity index (χ1v) is 10.2. The van der Waals surface area contributed by atoms with Gasteiger partial charge in [-0.2, -0.15) is 0 Å². The Labute approximate surface area is 167 Å². The zero-order valence-electron chi connectivity index (χ0n) is 16.1. The molecule has 1 aliphatic rings. The Bertz CT molecular complexity index is 1120. The average Bonchev–Trinajstić information content (AvgIpc) is 3.49. The number of anilines is 2. The Hall–Kier alpha value is -2.98. The van der Waals surface area contributed by atoms with E-state index in [1.807, 2.05) is 20.0 Å². The second-order valence-corrected chi connectivity index (χ2v) is 7.86. The van der Waals surface area contributed by atoms with Crippen molar-refractivity contribution < 1.29 is 4.79 Å². The summed E-state index contributed by atoms with van der Waals surface area (Å²) >= 11 is 1.63. The minimum absolute atomic E-state index is 0.0368. The molecule has 6 nitrogen and oxygen atoms in total. The van der Waals surface area contributed by atoms with Crippen LogP contribution in [0, 0.1) is 24.7 Å². The molecular weight excluding hydrogens is 370 g/mol. The van der Waals surface area contributed by atoms with Crippen LogP contribution >= 0.6 is 11.3 Å². The van der Waals surface area contributed by atoms with Crippen LogP contribution in [0.15, 0.2) is 18.5 Å². The summed E-state index contributed by atoms with van der Waals surface area (Å²) in [4.78, 5) is 26.4. The lowest BCUT2D eigenvalue weighted by molar-refractivity contribution is -0.117. The van der Waals surface area contributed by atoms with Crippen LogP contribution in [0.1, 0.15) is 40.9 Å². The van der Waals surface area contributed by atoms with Crippen LogP contribution in [0.3, 0.4) is 0 Å². The van der Waals surface area contributed by atoms with Crippen molar-refractivity contribution in [3.63, 3.8) is 0 Å². The number of nitrogens with one attached hydrogen (secondary N) is 2. The third-order valence-corrected chi connectivity index (χ3v) is 5.88. The topological polar surface area (TPSA) is 79.8 Å². The number of hydrogen-bond donors (Lipinski definition) is 2. The van der Waals surface area contributed by atoms with Gasteiger partial charge in [0.1, 0.15) is 16.5 Å². The van der Waals surface area contributed by atoms with Crippen molar-refractivity contribution in [2.75, 3.05) is 17.7 Å². The molecule has 0 atom stereocenters. The van der Waals surface area contributed by atoms with Crippen molar-refractivity contribution in [3.05, 3.63) is 39.6 Å². The third kappa shape index (κ3) is 3.69. The molecule has 1 amide bonds. The van der Waals surface area contributed by atoms with E-state index in [1.165, 1.54) is 0 Å². The van der Waals surface area contributed by atoms with Gasteiger partial charge in [0.2, 0.25) is 5.91 Å². The van der Waals surface area contributed by atoms with Crippen molar-refractivity contribution in [2.24, 2.45) is 5.92 Å². The summed E-state index contributed by atoms with van der Waals surface area (Å²) < 4.78 is 0. The molecule has 0 aliphatic heterocycles. The van der Waals surface area contributed by atoms with Gasteiger partial charge in [-0.25, -0.2) is 15.0 Å². The van der Waals surface area contributed by atoms with E-state index >= 15 is 0 Å². The van der Waals surface area contributed by atoms with Crippen LogP contribution in [0.25, 0.3) is 10.8 Å². The molecule has 0 aromatic carbocycles. The summed E-state index contributed by atoms with van der Waals surface area (Å²) in [7, 11) is 1.82. The molecule has 0 bridgehead atoms. The second kappa shape index (κ2) is 7.56. The number of aromatic nitrogens is 3. The van der Waals surface area contributed by atoms with E-state index in [4.69, 9.17) is 0 Å². The summed E-state index contributed by atoms with van der Waals surface area (Å²) in [5.74, 6) is 7.92. The highest BCUT2D eigenvalue weighted by molar-refractivity contribution is 7.12. The highest BCUT2D eigenvalue weighted by Crippen LogP contribution is 2.31. The molecule has 0 radical (unpaired) electrons. The van der Waals surface area contributed by atoms with Gasteiger partial charge in [0.15, 0.2) is 0 Å². The molecule has 0 spiro atoms. The number of thiazole rings is 1. The van der Waals surface area contributed by atoms with Gasteiger partial charge in [-0.3, -0.25) is 4.79 Å². The third-order valence-electron chi connectivity index (χ3n) is 4.66. The molecule has 3 aromatic heterocycles. The quantitative estimate of drug-likeness (QED) is 0.662. The largest absolute Gasteiger partial charge is 0.373 e. The van der Waals surface area contributed by atoms with E-state index in [-0.39, 0.29) is 11.8 Å². The van der Waals surface area contributed by atoms with Crippen molar-refractivity contribution in [1.82, 2.24) is 15.0 Å². The highest BCUT2D eigenvalue weighted by atomic mass is 32.1. The van der Waals surface area contributed by atoms with E-state index < -0.39 is 0 Å². The van der Waals surface area contributed by atoms with Crippen LogP contribution in [-0.4, -0.2) is 27.9 Å². The number of aryl methyl sites for hydroxylation is 2. The number of rotatable bonds is 4. The van der Waals surface area contributed by atoms with E-state index in [1.54, 1.807) is 23.7 Å². The smallest absolute Gasteiger partial charge is 0.228 e. The highest BCUT2D eigenvalue weighted by Gasteiger charge is 2.29. The summed E-state index contributed by atoms with van der Waals surface area (Å²) in [6.45, 7) is 4.07. The molecule has 28 heavy (non-hydrogen) atoms. The second-order valence-electron chi connectivity index (χ2n) is 6.77. The number of fused-ring (bicyclic) bond motifs is 1. The van der Waals surface area contributed by atoms with Gasteiger partial charge < -0.3 is 10.6 Å². The predicted octanol–water partition coefficient (Wildman–Crippen LogP) is 3.75. The van der Waals surface area contributed by atoms with Gasteiger partial charge >= 0.3 is 0 Å². The fourth-order valence-electron chi connectivity index (χ4n) is 2.92. The zero-order valence-corrected chi connectivity index (χ0v) is 16.9. The zero-order chi connectivity index (χ0) is 19.7. The lowest BCUT2D eigenvalue weighted by Crippen LogP contribution is -2.14. The van der Waals surface area contributed by atoms with Gasteiger partial charge in [0.05, 0.1) is 16.3 Å². The molecule has 7 heteroatoms. The number of carbonyl (C=O) groups excluding carboxylic acids is 1. The maximum atomic E-state index is 12.1. The molecule has 3 heterocycles. The monoisotopic (exact) mass is 391 g/mol. The summed E-state index contributed by atoms with van der Waals surface area (Å²) in [6.07, 6.45) is 6.31. The minimum Gasteiger partial charge on any atom is -0.373 e. The molecule has 3 aromatic rings. The molecule has 0 saturated heterocycles. The number of hydrogen-bond acceptors (Lipinski definition) is 6. The first kappa shape index (κ1) is 18.4. The Kier molecular flexibility index (Phi) is 4.97. The molecule has 2 N–H and O–H groups in total. The molecule has 4 rings (SSSR count). The van der Waals surface area contributed by atoms with Gasteiger partial charge in [0.25, 0.3) is 0 Å². The van der Waals surface area contributed by atoms with Crippen molar-refractivity contribution >= 4 is 39.7 Å². The number of pyridine rings is 2. The first-order chi connectivity index (χ1) is 13.6. The van der Waals surface area contributed by atoms with Crippen molar-refractivity contribution in [1.29, 1.82) is 0 Å². The first-order valence-electron chi connectivity index (χ1n) is 9.34. The van der Waals surface area contributed by atoms with Crippen molar-refractivity contribution in [3.8, 4) is 11.8 Å². The SMILES string of the molecule is CCc1nc(C)c(C#Cc2cnc(NC)c3cnc(NC(=O)C4CC4)cc23)s1. The van der Waals surface area contributed by atoms with E-state index in [0.29, 0.717) is 5.82 Å². The lowest BCUT2D eigenvalue weighted by atomic mass is 10.1. The molecule has 142 valence electrons. The van der Waals surface area contributed by atoms with E-state index in [9.17, 15) is 4.79 Å². The number of amides is 1. The van der Waals surface area contributed by atoms with Crippen LogP contribution in [0.4, 0.5) is 11.6 Å². The Morgan fingerprint density at radius 1 is 1.25 bits per heavy atom. The van der Waals surface area contributed by atoms with Crippen LogP contribution in [0.5, 0.6) is 0 Å². The minimum atomic E-state index is 0.0368. The summed E-state index contributed by atoms with van der Waals surface area (Å²) in [5, 5.41) is 8.86. The number of nitrogens with zero attached hydrogens (tertiary/aromatic N) is 3. The fourth-order valence-corrected chi connectivity index (χ4v) is 3.78.